The maximum atomic E-state index is 12.0. The molecule has 0 bridgehead atoms. The molecule has 0 atom stereocenters. The van der Waals surface area contributed by atoms with E-state index in [1.54, 1.807) is 32.0 Å². The van der Waals surface area contributed by atoms with Gasteiger partial charge in [0.15, 0.2) is 0 Å². The first-order valence-electron chi connectivity index (χ1n) is 8.10. The lowest BCUT2D eigenvalue weighted by Gasteiger charge is -2.15. The Morgan fingerprint density at radius 3 is 2.58 bits per heavy atom. The Kier molecular flexibility index (Phi) is 5.75. The topological polar surface area (TPSA) is 134 Å². The van der Waals surface area contributed by atoms with Crippen molar-refractivity contribution in [3.05, 3.63) is 34.4 Å². The van der Waals surface area contributed by atoms with Gasteiger partial charge in [0.05, 0.1) is 4.92 Å². The second kappa shape index (κ2) is 7.81. The minimum atomic E-state index is -0.956. The second-order valence-corrected chi connectivity index (χ2v) is 6.31. The number of nitrogens with zero attached hydrogens (tertiary/aromatic N) is 2. The fourth-order valence-corrected chi connectivity index (χ4v) is 2.50. The summed E-state index contributed by atoms with van der Waals surface area (Å²) >= 11 is 0. The van der Waals surface area contributed by atoms with Gasteiger partial charge in [0, 0.05) is 32.1 Å². The smallest absolute Gasteiger partial charge is 0.325 e. The van der Waals surface area contributed by atoms with Crippen molar-refractivity contribution in [1.29, 1.82) is 0 Å². The van der Waals surface area contributed by atoms with Crippen molar-refractivity contribution in [1.82, 2.24) is 15.5 Å². The molecule has 0 aliphatic carbocycles. The third-order valence-electron chi connectivity index (χ3n) is 3.87. The lowest BCUT2D eigenvalue weighted by atomic mass is 10.1. The van der Waals surface area contributed by atoms with Gasteiger partial charge in [-0.15, -0.1) is 0 Å². The molecule has 1 fully saturated rings. The number of carbonyl (C=O) groups excluding carboxylic acids is 3. The molecule has 140 valence electrons. The van der Waals surface area contributed by atoms with E-state index in [1.165, 1.54) is 6.07 Å². The summed E-state index contributed by atoms with van der Waals surface area (Å²) in [6, 6.07) is 5.71. The predicted octanol–water partition coefficient (Wildman–Crippen LogP) is 0.843. The summed E-state index contributed by atoms with van der Waals surface area (Å²) in [5.41, 5.74) is -0.629. The van der Waals surface area contributed by atoms with Crippen LogP contribution in [0, 0.1) is 10.1 Å². The van der Waals surface area contributed by atoms with Gasteiger partial charge in [-0.25, -0.2) is 4.79 Å². The number of para-hydroxylation sites is 2. The lowest BCUT2D eigenvalue weighted by Crippen LogP contribution is -2.40. The molecule has 0 aromatic heterocycles. The zero-order valence-electron chi connectivity index (χ0n) is 14.6. The largest absolute Gasteiger partial charge is 0.378 e. The molecule has 0 spiro atoms. The molecule has 4 amide bonds. The van der Waals surface area contributed by atoms with E-state index >= 15 is 0 Å². The van der Waals surface area contributed by atoms with Crippen LogP contribution in [0.15, 0.2) is 24.3 Å². The van der Waals surface area contributed by atoms with E-state index < -0.39 is 16.5 Å². The fraction of sp³-hybridized carbons (Fsp3) is 0.438. The third kappa shape index (κ3) is 4.47. The Morgan fingerprint density at radius 1 is 1.27 bits per heavy atom. The minimum absolute atomic E-state index is 0.00246. The number of rotatable bonds is 8. The molecule has 1 aromatic carbocycles. The predicted molar refractivity (Wildman–Crippen MR) is 93.5 cm³/mol. The summed E-state index contributed by atoms with van der Waals surface area (Å²) in [6.45, 7) is 3.74. The second-order valence-electron chi connectivity index (χ2n) is 6.31. The van der Waals surface area contributed by atoms with Crippen molar-refractivity contribution in [2.24, 2.45) is 0 Å². The Morgan fingerprint density at radius 2 is 1.96 bits per heavy atom. The highest BCUT2D eigenvalue weighted by atomic mass is 16.6. The number of carbonyl (C=O) groups is 3. The van der Waals surface area contributed by atoms with Crippen LogP contribution in [0.1, 0.15) is 20.3 Å². The van der Waals surface area contributed by atoms with Crippen LogP contribution in [0.25, 0.3) is 0 Å². The molecule has 1 saturated heterocycles. The number of nitro benzene ring substituents is 1. The van der Waals surface area contributed by atoms with E-state index in [1.807, 2.05) is 0 Å². The summed E-state index contributed by atoms with van der Waals surface area (Å²) < 4.78 is 0. The average Bonchev–Trinajstić information content (AvgIpc) is 2.77. The summed E-state index contributed by atoms with van der Waals surface area (Å²) in [6.07, 6.45) is -0.0132. The zero-order chi connectivity index (χ0) is 19.3. The van der Waals surface area contributed by atoms with Crippen molar-refractivity contribution < 1.29 is 19.3 Å². The zero-order valence-corrected chi connectivity index (χ0v) is 14.6. The van der Waals surface area contributed by atoms with Crippen LogP contribution in [-0.2, 0) is 9.59 Å². The molecule has 1 heterocycles. The van der Waals surface area contributed by atoms with Gasteiger partial charge in [-0.2, -0.15) is 0 Å². The number of hydrogen-bond donors (Lipinski definition) is 3. The van der Waals surface area contributed by atoms with Gasteiger partial charge in [-0.3, -0.25) is 24.6 Å². The van der Waals surface area contributed by atoms with Crippen molar-refractivity contribution in [2.75, 3.05) is 25.0 Å². The standard InChI is InChI=1S/C16H21N5O5/c1-16(2)14(23)20(15(24)19-16)10-7-13(22)18-9-8-17-11-5-3-4-6-12(11)21(25)26/h3-6,17H,7-10H2,1-2H3,(H,18,22)(H,19,24). The molecule has 26 heavy (non-hydrogen) atoms. The van der Waals surface area contributed by atoms with E-state index in [4.69, 9.17) is 0 Å². The quantitative estimate of drug-likeness (QED) is 0.271. The summed E-state index contributed by atoms with van der Waals surface area (Å²) in [7, 11) is 0. The van der Waals surface area contributed by atoms with E-state index in [9.17, 15) is 24.5 Å². The molecule has 10 nitrogen and oxygen atoms in total. The number of imide groups is 1. The number of amides is 4. The molecule has 1 aromatic rings. The van der Waals surface area contributed by atoms with Gasteiger partial charge >= 0.3 is 6.03 Å². The normalized spacial score (nSPS) is 15.5. The van der Waals surface area contributed by atoms with Gasteiger partial charge in [0.2, 0.25) is 5.91 Å². The molecule has 1 aliphatic heterocycles. The Balaban J connectivity index is 1.73. The minimum Gasteiger partial charge on any atom is -0.378 e. The van der Waals surface area contributed by atoms with Gasteiger partial charge < -0.3 is 16.0 Å². The molecule has 0 saturated carbocycles. The van der Waals surface area contributed by atoms with Gasteiger partial charge in [0.1, 0.15) is 11.2 Å². The highest BCUT2D eigenvalue weighted by molar-refractivity contribution is 6.06. The maximum Gasteiger partial charge on any atom is 0.325 e. The molecular formula is C16H21N5O5. The van der Waals surface area contributed by atoms with E-state index in [0.717, 1.165) is 4.90 Å². The fourth-order valence-electron chi connectivity index (χ4n) is 2.50. The number of anilines is 1. The Bertz CT molecular complexity index is 733. The van der Waals surface area contributed by atoms with Gasteiger partial charge in [0.25, 0.3) is 11.6 Å². The molecule has 1 aliphatic rings. The van der Waals surface area contributed by atoms with Crippen LogP contribution in [0.5, 0.6) is 0 Å². The van der Waals surface area contributed by atoms with Crippen LogP contribution in [-0.4, -0.2) is 52.8 Å². The van der Waals surface area contributed by atoms with Crippen LogP contribution in [0.3, 0.4) is 0 Å². The maximum absolute atomic E-state index is 12.0. The number of nitro groups is 1. The molecule has 3 N–H and O–H groups in total. The highest BCUT2D eigenvalue weighted by Gasteiger charge is 2.43. The first-order chi connectivity index (χ1) is 12.2. The first-order valence-corrected chi connectivity index (χ1v) is 8.10. The Labute approximate surface area is 150 Å². The molecule has 0 radical (unpaired) electrons. The van der Waals surface area contributed by atoms with E-state index in [0.29, 0.717) is 12.2 Å². The van der Waals surface area contributed by atoms with E-state index in [-0.39, 0.29) is 37.0 Å². The monoisotopic (exact) mass is 363 g/mol. The molecular weight excluding hydrogens is 342 g/mol. The summed E-state index contributed by atoms with van der Waals surface area (Å²) in [5.74, 6) is -0.687. The van der Waals surface area contributed by atoms with Crippen molar-refractivity contribution in [3.63, 3.8) is 0 Å². The molecule has 0 unspecified atom stereocenters. The Hall–Kier alpha value is -3.17. The van der Waals surface area contributed by atoms with E-state index in [2.05, 4.69) is 16.0 Å². The van der Waals surface area contributed by atoms with Crippen LogP contribution in [0.2, 0.25) is 0 Å². The SMILES string of the molecule is CC1(C)NC(=O)N(CCC(=O)NCCNc2ccccc2[N+](=O)[O-])C1=O. The average molecular weight is 363 g/mol. The number of urea groups is 1. The van der Waals surface area contributed by atoms with Gasteiger partial charge in [-0.1, -0.05) is 12.1 Å². The van der Waals surface area contributed by atoms with Crippen LogP contribution >= 0.6 is 0 Å². The number of benzene rings is 1. The third-order valence-corrected chi connectivity index (χ3v) is 3.87. The van der Waals surface area contributed by atoms with Gasteiger partial charge in [-0.05, 0) is 19.9 Å². The summed E-state index contributed by atoms with van der Waals surface area (Å²) in [4.78, 5) is 47.0. The number of hydrogen-bond acceptors (Lipinski definition) is 6. The highest BCUT2D eigenvalue weighted by Crippen LogP contribution is 2.22. The van der Waals surface area contributed by atoms with Crippen molar-refractivity contribution in [2.45, 2.75) is 25.8 Å². The van der Waals surface area contributed by atoms with Crippen molar-refractivity contribution >= 4 is 29.2 Å². The molecule has 10 heteroatoms. The van der Waals surface area contributed by atoms with Crippen molar-refractivity contribution in [3.8, 4) is 0 Å². The van der Waals surface area contributed by atoms with Crippen LogP contribution < -0.4 is 16.0 Å². The lowest BCUT2D eigenvalue weighted by molar-refractivity contribution is -0.384. The number of nitrogens with one attached hydrogen (secondary N) is 3. The molecule has 2 rings (SSSR count). The van der Waals surface area contributed by atoms with Crippen LogP contribution in [0.4, 0.5) is 16.2 Å². The first kappa shape index (κ1) is 19.2. The summed E-state index contributed by atoms with van der Waals surface area (Å²) in [5, 5.41) is 19.0.